The zero-order valence-electron chi connectivity index (χ0n) is 22.8. The van der Waals surface area contributed by atoms with Crippen molar-refractivity contribution < 1.29 is 22.7 Å². The van der Waals surface area contributed by atoms with E-state index >= 15 is 0 Å². The second-order valence-corrected chi connectivity index (χ2v) is 14.8. The van der Waals surface area contributed by atoms with Crippen LogP contribution >= 0.6 is 11.3 Å². The number of hydrogen-bond acceptors (Lipinski definition) is 7. The minimum Gasteiger partial charge on any atom is -0.452 e. The van der Waals surface area contributed by atoms with E-state index in [2.05, 4.69) is 32.9 Å². The third-order valence-corrected chi connectivity index (χ3v) is 10.5. The topological polar surface area (TPSA) is 93.6 Å². The number of likely N-dealkylation sites (N-methyl/N-ethyl adjacent to an activating group) is 1. The molecular formula is C30H34N2O5S2. The first-order chi connectivity index (χ1) is 18.4. The van der Waals surface area contributed by atoms with Crippen LogP contribution in [-0.4, -0.2) is 61.4 Å². The number of ether oxygens (including phenoxy) is 1. The molecule has 2 atom stereocenters. The molecule has 1 saturated heterocycles. The molecule has 1 fully saturated rings. The Bertz CT molecular complexity index is 1550. The zero-order chi connectivity index (χ0) is 27.9. The van der Waals surface area contributed by atoms with Crippen LogP contribution in [0.15, 0.2) is 41.8 Å². The van der Waals surface area contributed by atoms with Crippen LogP contribution in [0.4, 0.5) is 0 Å². The first kappa shape index (κ1) is 27.5. The summed E-state index contributed by atoms with van der Waals surface area (Å²) in [5, 5.41) is 2.75. The van der Waals surface area contributed by atoms with Crippen LogP contribution in [0, 0.1) is 11.3 Å². The van der Waals surface area contributed by atoms with Gasteiger partial charge in [-0.1, -0.05) is 45.0 Å². The van der Waals surface area contributed by atoms with Crippen LogP contribution in [0.3, 0.4) is 0 Å². The molecule has 0 unspecified atom stereocenters. The maximum atomic E-state index is 13.7. The summed E-state index contributed by atoms with van der Waals surface area (Å²) in [6.45, 7) is 6.21. The number of hydrogen-bond donors (Lipinski definition) is 0. The highest BCUT2D eigenvalue weighted by atomic mass is 32.2. The summed E-state index contributed by atoms with van der Waals surface area (Å²) in [7, 11) is -1.57. The summed E-state index contributed by atoms with van der Waals surface area (Å²) >= 11 is 1.66. The smallest absolute Gasteiger partial charge is 0.339 e. The molecule has 3 heterocycles. The van der Waals surface area contributed by atoms with E-state index in [4.69, 9.17) is 9.72 Å². The van der Waals surface area contributed by atoms with Crippen molar-refractivity contribution in [2.45, 2.75) is 46.1 Å². The van der Waals surface area contributed by atoms with Crippen molar-refractivity contribution in [2.75, 3.05) is 25.2 Å². The lowest BCUT2D eigenvalue weighted by atomic mass is 9.69. The molecule has 0 saturated carbocycles. The molecule has 9 heteroatoms. The third kappa shape index (κ3) is 5.79. The Kier molecular flexibility index (Phi) is 7.41. The van der Waals surface area contributed by atoms with Gasteiger partial charge in [-0.25, -0.2) is 18.2 Å². The monoisotopic (exact) mass is 566 g/mol. The van der Waals surface area contributed by atoms with Crippen LogP contribution in [0.2, 0.25) is 0 Å². The second-order valence-electron chi connectivity index (χ2n) is 11.6. The fourth-order valence-corrected chi connectivity index (χ4v) is 7.96. The Morgan fingerprint density at radius 1 is 1.15 bits per heavy atom. The molecule has 206 valence electrons. The van der Waals surface area contributed by atoms with Crippen molar-refractivity contribution in [2.24, 2.45) is 11.3 Å². The predicted octanol–water partition coefficient (Wildman–Crippen LogP) is 5.25. The number of rotatable bonds is 5. The minimum atomic E-state index is -3.14. The highest BCUT2D eigenvalue weighted by molar-refractivity contribution is 7.91. The van der Waals surface area contributed by atoms with Crippen LogP contribution in [0.1, 0.15) is 60.1 Å². The lowest BCUT2D eigenvalue weighted by Gasteiger charge is -2.36. The molecule has 1 aliphatic heterocycles. The van der Waals surface area contributed by atoms with E-state index in [1.54, 1.807) is 18.4 Å². The van der Waals surface area contributed by atoms with Crippen molar-refractivity contribution in [3.8, 4) is 0 Å². The Balaban J connectivity index is 1.51. The molecule has 0 spiro atoms. The number of fused-ring (bicyclic) bond motifs is 2. The van der Waals surface area contributed by atoms with Gasteiger partial charge in [0.25, 0.3) is 5.91 Å². The summed E-state index contributed by atoms with van der Waals surface area (Å²) in [5.41, 5.74) is 3.93. The van der Waals surface area contributed by atoms with Crippen LogP contribution in [-0.2, 0) is 25.8 Å². The normalized spacial score (nSPS) is 21.6. The van der Waals surface area contributed by atoms with E-state index in [9.17, 15) is 18.0 Å². The van der Waals surface area contributed by atoms with Gasteiger partial charge in [-0.05, 0) is 65.3 Å². The number of aromatic nitrogens is 1. The summed E-state index contributed by atoms with van der Waals surface area (Å²) in [6.07, 6.45) is 4.10. The van der Waals surface area contributed by atoms with Gasteiger partial charge in [0.15, 0.2) is 16.4 Å². The zero-order valence-corrected chi connectivity index (χ0v) is 24.4. The quantitative estimate of drug-likeness (QED) is 0.392. The van der Waals surface area contributed by atoms with Gasteiger partial charge in [0, 0.05) is 23.4 Å². The molecule has 7 nitrogen and oxygen atoms in total. The van der Waals surface area contributed by atoms with Crippen molar-refractivity contribution in [1.82, 2.24) is 9.88 Å². The molecule has 0 N–H and O–H groups in total. The van der Waals surface area contributed by atoms with E-state index in [1.165, 1.54) is 4.90 Å². The molecule has 1 aromatic carbocycles. The average Bonchev–Trinajstić information content (AvgIpc) is 3.53. The molecule has 0 radical (unpaired) electrons. The van der Waals surface area contributed by atoms with Crippen LogP contribution in [0.5, 0.6) is 0 Å². The number of thiophene rings is 1. The van der Waals surface area contributed by atoms with E-state index in [0.29, 0.717) is 29.3 Å². The van der Waals surface area contributed by atoms with Gasteiger partial charge in [0.2, 0.25) is 0 Å². The maximum absolute atomic E-state index is 13.7. The summed E-state index contributed by atoms with van der Waals surface area (Å²) in [6, 6.07) is 11.2. The largest absolute Gasteiger partial charge is 0.452 e. The predicted molar refractivity (Wildman–Crippen MR) is 155 cm³/mol. The van der Waals surface area contributed by atoms with Gasteiger partial charge in [0.1, 0.15) is 0 Å². The lowest BCUT2D eigenvalue weighted by molar-refractivity contribution is -0.134. The molecule has 5 rings (SSSR count). The minimum absolute atomic E-state index is 0.000649. The fraction of sp³-hybridized carbons (Fsp3) is 0.433. The summed E-state index contributed by atoms with van der Waals surface area (Å²) in [4.78, 5) is 34.2. The molecule has 1 amide bonds. The first-order valence-corrected chi connectivity index (χ1v) is 15.9. The van der Waals surface area contributed by atoms with Crippen molar-refractivity contribution in [3.05, 3.63) is 63.5 Å². The number of allylic oxidation sites excluding steroid dienone is 1. The number of pyridine rings is 1. The molecular weight excluding hydrogens is 532 g/mol. The number of para-hydroxylation sites is 1. The van der Waals surface area contributed by atoms with Gasteiger partial charge in [0.05, 0.1) is 28.3 Å². The Morgan fingerprint density at radius 2 is 1.92 bits per heavy atom. The van der Waals surface area contributed by atoms with Crippen LogP contribution in [0.25, 0.3) is 22.6 Å². The summed E-state index contributed by atoms with van der Waals surface area (Å²) in [5.74, 6) is -0.679. The Hall–Kier alpha value is -3.04. The van der Waals surface area contributed by atoms with E-state index in [-0.39, 0.29) is 22.8 Å². The number of benzene rings is 1. The van der Waals surface area contributed by atoms with Gasteiger partial charge in [-0.2, -0.15) is 0 Å². The SMILES string of the molecule is CN(C(=O)COC(=O)c1c2c(nc3ccccc13)/C(=C\c1cccs1)C[C@@H](C(C)(C)C)C2)[C@@H]1CCS(=O)(=O)C1. The number of carbonyl (C=O) groups excluding carboxylic acids is 2. The Morgan fingerprint density at radius 3 is 2.59 bits per heavy atom. The number of amides is 1. The van der Waals surface area contributed by atoms with Crippen molar-refractivity contribution >= 4 is 55.6 Å². The first-order valence-electron chi connectivity index (χ1n) is 13.2. The fourth-order valence-electron chi connectivity index (χ4n) is 5.50. The Labute approximate surface area is 233 Å². The highest BCUT2D eigenvalue weighted by Crippen LogP contribution is 2.45. The summed E-state index contributed by atoms with van der Waals surface area (Å²) < 4.78 is 29.4. The lowest BCUT2D eigenvalue weighted by Crippen LogP contribution is -2.40. The van der Waals surface area contributed by atoms with Gasteiger partial charge in [-0.3, -0.25) is 4.79 Å². The number of esters is 1. The molecule has 2 aromatic heterocycles. The molecule has 0 bridgehead atoms. The molecule has 1 aliphatic carbocycles. The highest BCUT2D eigenvalue weighted by Gasteiger charge is 2.36. The van der Waals surface area contributed by atoms with Crippen molar-refractivity contribution in [3.63, 3.8) is 0 Å². The van der Waals surface area contributed by atoms with E-state index in [1.807, 2.05) is 35.7 Å². The molecule has 39 heavy (non-hydrogen) atoms. The van der Waals surface area contributed by atoms with Gasteiger partial charge >= 0.3 is 5.97 Å². The second kappa shape index (κ2) is 10.5. The van der Waals surface area contributed by atoms with E-state index < -0.39 is 34.4 Å². The molecule has 2 aliphatic rings. The van der Waals surface area contributed by atoms with E-state index in [0.717, 1.165) is 28.1 Å². The standard InChI is InChI=1S/C30H34N2O5S2/c1-30(2,3)20-14-19(15-22-8-7-12-38-22)28-24(16-20)27(23-9-5-6-10-25(23)31-28)29(34)37-17-26(33)32(4)21-11-13-39(35,36)18-21/h5-10,12,15,20-21H,11,13-14,16-18H2,1-4H3/b19-15-/t20-,21-/m1/s1. The van der Waals surface area contributed by atoms with Gasteiger partial charge < -0.3 is 9.64 Å². The average molecular weight is 567 g/mol. The number of sulfone groups is 1. The number of nitrogens with zero attached hydrogens (tertiary/aromatic N) is 2. The van der Waals surface area contributed by atoms with Crippen LogP contribution < -0.4 is 0 Å². The molecule has 3 aromatic rings. The van der Waals surface area contributed by atoms with Crippen molar-refractivity contribution in [1.29, 1.82) is 0 Å². The van der Waals surface area contributed by atoms with Gasteiger partial charge in [-0.15, -0.1) is 11.3 Å². The maximum Gasteiger partial charge on any atom is 0.339 e. The third-order valence-electron chi connectivity index (χ3n) is 7.98. The number of carbonyl (C=O) groups is 2.